The molecule has 2 atom stereocenters. The fourth-order valence-electron chi connectivity index (χ4n) is 0.666. The first kappa shape index (κ1) is 9.43. The van der Waals surface area contributed by atoms with Crippen molar-refractivity contribution >= 4 is 22.6 Å². The van der Waals surface area contributed by atoms with Gasteiger partial charge in [-0.15, -0.1) is 0 Å². The van der Waals surface area contributed by atoms with Crippen LogP contribution in [0.15, 0.2) is 12.2 Å². The normalized spacial score (nSPS) is 18.2. The molecular weight excluding hydrogens is 225 g/mol. The zero-order valence-electron chi connectivity index (χ0n) is 5.97. The molecule has 0 heterocycles. The lowest BCUT2D eigenvalue weighted by Gasteiger charge is -2.11. The van der Waals surface area contributed by atoms with E-state index >= 15 is 0 Å². The maximum atomic E-state index is 5.50. The molecule has 0 aromatic heterocycles. The zero-order valence-corrected chi connectivity index (χ0v) is 8.13. The topological polar surface area (TPSA) is 26.0 Å². The molecule has 0 aliphatic rings. The minimum atomic E-state index is 0.551. The Hall–Kier alpha value is 0.430. The summed E-state index contributed by atoms with van der Waals surface area (Å²) in [6.07, 6.45) is 4.23. The van der Waals surface area contributed by atoms with Gasteiger partial charge in [0, 0.05) is 9.84 Å². The van der Waals surface area contributed by atoms with Crippen LogP contribution in [0.25, 0.3) is 0 Å². The van der Waals surface area contributed by atoms with Crippen molar-refractivity contribution in [2.24, 2.45) is 11.7 Å². The molecule has 0 fully saturated rings. The van der Waals surface area contributed by atoms with Crippen LogP contribution in [0.1, 0.15) is 13.8 Å². The minimum absolute atomic E-state index is 0.551. The highest BCUT2D eigenvalue weighted by Crippen LogP contribution is 2.12. The van der Waals surface area contributed by atoms with Gasteiger partial charge in [-0.3, -0.25) is 0 Å². The highest BCUT2D eigenvalue weighted by molar-refractivity contribution is 14.1. The summed E-state index contributed by atoms with van der Waals surface area (Å²) in [5, 5.41) is 0. The lowest BCUT2D eigenvalue weighted by molar-refractivity contribution is 0.671. The van der Waals surface area contributed by atoms with Gasteiger partial charge in [-0.05, 0) is 13.5 Å². The molecular formula is C7H14IN. The molecule has 54 valence electrons. The summed E-state index contributed by atoms with van der Waals surface area (Å²) in [4.78, 5) is 0. The van der Waals surface area contributed by atoms with E-state index in [-0.39, 0.29) is 0 Å². The number of rotatable bonds is 3. The number of hydrogen-bond donors (Lipinski definition) is 1. The summed E-state index contributed by atoms with van der Waals surface area (Å²) >= 11 is 2.40. The Balaban J connectivity index is 3.68. The molecule has 9 heavy (non-hydrogen) atoms. The molecule has 0 saturated heterocycles. The van der Waals surface area contributed by atoms with Crippen LogP contribution in [0.3, 0.4) is 0 Å². The van der Waals surface area contributed by atoms with Gasteiger partial charge in [-0.25, -0.2) is 0 Å². The number of halogens is 1. The number of alkyl halides is 1. The van der Waals surface area contributed by atoms with Crippen LogP contribution >= 0.6 is 22.6 Å². The van der Waals surface area contributed by atoms with Crippen LogP contribution in [0.4, 0.5) is 0 Å². The Labute approximate surface area is 70.8 Å². The quantitative estimate of drug-likeness (QED) is 0.454. The van der Waals surface area contributed by atoms with E-state index in [0.717, 1.165) is 6.54 Å². The van der Waals surface area contributed by atoms with Gasteiger partial charge < -0.3 is 5.73 Å². The van der Waals surface area contributed by atoms with Crippen molar-refractivity contribution in [3.05, 3.63) is 12.2 Å². The van der Waals surface area contributed by atoms with Crippen molar-refractivity contribution in [1.29, 1.82) is 0 Å². The van der Waals surface area contributed by atoms with Crippen molar-refractivity contribution in [2.75, 3.05) is 6.54 Å². The van der Waals surface area contributed by atoms with Gasteiger partial charge in [0.2, 0.25) is 0 Å². The van der Waals surface area contributed by atoms with Gasteiger partial charge in [0.1, 0.15) is 0 Å². The maximum Gasteiger partial charge on any atom is 0.0156 e. The van der Waals surface area contributed by atoms with Gasteiger partial charge in [0.25, 0.3) is 0 Å². The van der Waals surface area contributed by atoms with E-state index in [2.05, 4.69) is 41.7 Å². The first-order valence-electron chi connectivity index (χ1n) is 3.19. The molecule has 0 bridgehead atoms. The number of hydrogen-bond acceptors (Lipinski definition) is 1. The molecule has 0 aliphatic heterocycles. The molecule has 0 rings (SSSR count). The van der Waals surface area contributed by atoms with E-state index in [1.165, 1.54) is 0 Å². The zero-order chi connectivity index (χ0) is 7.28. The largest absolute Gasteiger partial charge is 0.330 e. The van der Waals surface area contributed by atoms with Crippen molar-refractivity contribution < 1.29 is 0 Å². The van der Waals surface area contributed by atoms with Crippen LogP contribution in [0, 0.1) is 5.92 Å². The SMILES string of the molecule is CC=CC(CN)C(C)I. The number of allylic oxidation sites excluding steroid dienone is 1. The van der Waals surface area contributed by atoms with E-state index in [1.807, 2.05) is 6.92 Å². The van der Waals surface area contributed by atoms with Gasteiger partial charge in [-0.1, -0.05) is 41.7 Å². The van der Waals surface area contributed by atoms with Crippen molar-refractivity contribution in [3.8, 4) is 0 Å². The monoisotopic (exact) mass is 239 g/mol. The molecule has 0 spiro atoms. The third-order valence-electron chi connectivity index (χ3n) is 1.30. The fraction of sp³-hybridized carbons (Fsp3) is 0.714. The smallest absolute Gasteiger partial charge is 0.0156 e. The summed E-state index contributed by atoms with van der Waals surface area (Å²) in [5.74, 6) is 0.551. The minimum Gasteiger partial charge on any atom is -0.330 e. The Kier molecular flexibility index (Phi) is 5.48. The van der Waals surface area contributed by atoms with Crippen molar-refractivity contribution in [1.82, 2.24) is 0 Å². The van der Waals surface area contributed by atoms with Crippen molar-refractivity contribution in [3.63, 3.8) is 0 Å². The first-order valence-corrected chi connectivity index (χ1v) is 4.44. The molecule has 0 radical (unpaired) electrons. The summed E-state index contributed by atoms with van der Waals surface area (Å²) in [6.45, 7) is 4.97. The highest BCUT2D eigenvalue weighted by atomic mass is 127. The fourth-order valence-corrected chi connectivity index (χ4v) is 1.20. The van der Waals surface area contributed by atoms with Gasteiger partial charge in [0.15, 0.2) is 0 Å². The molecule has 2 unspecified atom stereocenters. The van der Waals surface area contributed by atoms with Crippen LogP contribution in [-0.2, 0) is 0 Å². The van der Waals surface area contributed by atoms with Gasteiger partial charge >= 0.3 is 0 Å². The second-order valence-electron chi connectivity index (χ2n) is 2.10. The second-order valence-corrected chi connectivity index (χ2v) is 4.07. The molecule has 0 saturated carbocycles. The molecule has 0 amide bonds. The van der Waals surface area contributed by atoms with E-state index in [0.29, 0.717) is 9.84 Å². The molecule has 2 heteroatoms. The molecule has 1 nitrogen and oxygen atoms in total. The average Bonchev–Trinajstić information content (AvgIpc) is 1.82. The van der Waals surface area contributed by atoms with E-state index in [9.17, 15) is 0 Å². The third kappa shape index (κ3) is 3.92. The Bertz CT molecular complexity index is 88.9. The standard InChI is InChI=1S/C7H14IN/c1-3-4-7(5-9)6(2)8/h3-4,6-7H,5,9H2,1-2H3. The highest BCUT2D eigenvalue weighted by Gasteiger charge is 2.06. The van der Waals surface area contributed by atoms with E-state index in [4.69, 9.17) is 5.73 Å². The summed E-state index contributed by atoms with van der Waals surface area (Å²) < 4.78 is 0.642. The van der Waals surface area contributed by atoms with Crippen LogP contribution in [0.2, 0.25) is 0 Å². The van der Waals surface area contributed by atoms with Crippen LogP contribution < -0.4 is 5.73 Å². The van der Waals surface area contributed by atoms with Gasteiger partial charge in [-0.2, -0.15) is 0 Å². The van der Waals surface area contributed by atoms with E-state index < -0.39 is 0 Å². The third-order valence-corrected chi connectivity index (χ3v) is 2.23. The Morgan fingerprint density at radius 2 is 2.22 bits per heavy atom. The number of nitrogens with two attached hydrogens (primary N) is 1. The van der Waals surface area contributed by atoms with Gasteiger partial charge in [0.05, 0.1) is 0 Å². The summed E-state index contributed by atoms with van der Waals surface area (Å²) in [7, 11) is 0. The predicted octanol–water partition coefficient (Wildman–Crippen LogP) is 1.96. The molecule has 0 aromatic carbocycles. The Morgan fingerprint density at radius 3 is 2.33 bits per heavy atom. The molecule has 2 N–H and O–H groups in total. The lowest BCUT2D eigenvalue weighted by Crippen LogP contribution is -2.18. The molecule has 0 aromatic rings. The summed E-state index contributed by atoms with van der Waals surface area (Å²) in [6, 6.07) is 0. The van der Waals surface area contributed by atoms with Crippen LogP contribution in [-0.4, -0.2) is 10.5 Å². The Morgan fingerprint density at radius 1 is 1.67 bits per heavy atom. The predicted molar refractivity (Wildman–Crippen MR) is 50.8 cm³/mol. The first-order chi connectivity index (χ1) is 4.22. The molecule has 0 aliphatic carbocycles. The van der Waals surface area contributed by atoms with Crippen LogP contribution in [0.5, 0.6) is 0 Å². The van der Waals surface area contributed by atoms with Crippen molar-refractivity contribution in [2.45, 2.75) is 17.8 Å². The average molecular weight is 239 g/mol. The summed E-state index contributed by atoms with van der Waals surface area (Å²) in [5.41, 5.74) is 5.50. The maximum absolute atomic E-state index is 5.50. The lowest BCUT2D eigenvalue weighted by atomic mass is 10.1. The van der Waals surface area contributed by atoms with E-state index in [1.54, 1.807) is 0 Å². The second kappa shape index (κ2) is 5.23.